The van der Waals surface area contributed by atoms with Crippen molar-refractivity contribution in [2.45, 2.75) is 44.9 Å². The molecule has 39 heavy (non-hydrogen) atoms. The second kappa shape index (κ2) is 16.2. The first-order valence-electron chi connectivity index (χ1n) is 12.8. The standard InChI is InChI=1S/C30H33N3O6/c34-27(20-28(35)38-21-23-12-4-1-5-13-23)31-19-11-10-18-26(29(36)32-25-16-8-3-9-17-25)33-30(37)39-22-24-14-6-2-7-15-24/h1-9,12-17,26H,10-11,18-22H2,(H,31,34)(H,32,36)(H,33,37)/t26-/m0/s1. The molecule has 0 aliphatic carbocycles. The molecule has 1 atom stereocenters. The lowest BCUT2D eigenvalue weighted by molar-refractivity contribution is -0.147. The van der Waals surface area contributed by atoms with Gasteiger partial charge in [-0.15, -0.1) is 0 Å². The van der Waals surface area contributed by atoms with Crippen LogP contribution in [-0.4, -0.2) is 36.5 Å². The number of carbonyl (C=O) groups excluding carboxylic acids is 4. The van der Waals surface area contributed by atoms with Crippen molar-refractivity contribution in [1.82, 2.24) is 10.6 Å². The summed E-state index contributed by atoms with van der Waals surface area (Å²) >= 11 is 0. The molecule has 204 valence electrons. The number of hydrogen-bond donors (Lipinski definition) is 3. The molecule has 9 nitrogen and oxygen atoms in total. The van der Waals surface area contributed by atoms with Crippen LogP contribution in [0.1, 0.15) is 36.8 Å². The molecule has 0 heterocycles. The Bertz CT molecular complexity index is 1190. The molecule has 0 spiro atoms. The highest BCUT2D eigenvalue weighted by Crippen LogP contribution is 2.10. The first-order valence-corrected chi connectivity index (χ1v) is 12.8. The Labute approximate surface area is 227 Å². The third-order valence-corrected chi connectivity index (χ3v) is 5.65. The third-order valence-electron chi connectivity index (χ3n) is 5.65. The van der Waals surface area contributed by atoms with Gasteiger partial charge in [0.15, 0.2) is 0 Å². The maximum atomic E-state index is 12.9. The van der Waals surface area contributed by atoms with E-state index in [-0.39, 0.29) is 25.5 Å². The van der Waals surface area contributed by atoms with Crippen LogP contribution >= 0.6 is 0 Å². The van der Waals surface area contributed by atoms with E-state index in [2.05, 4.69) is 16.0 Å². The number of nitrogens with one attached hydrogen (secondary N) is 3. The molecule has 0 aromatic heterocycles. The zero-order valence-electron chi connectivity index (χ0n) is 21.6. The van der Waals surface area contributed by atoms with Gasteiger partial charge in [0.05, 0.1) is 0 Å². The predicted molar refractivity (Wildman–Crippen MR) is 146 cm³/mol. The second-order valence-corrected chi connectivity index (χ2v) is 8.78. The van der Waals surface area contributed by atoms with Gasteiger partial charge in [-0.05, 0) is 42.5 Å². The van der Waals surface area contributed by atoms with Gasteiger partial charge in [-0.1, -0.05) is 78.9 Å². The predicted octanol–water partition coefficient (Wildman–Crippen LogP) is 4.34. The molecule has 0 saturated carbocycles. The van der Waals surface area contributed by atoms with Gasteiger partial charge in [0, 0.05) is 12.2 Å². The summed E-state index contributed by atoms with van der Waals surface area (Å²) in [5.41, 5.74) is 2.28. The van der Waals surface area contributed by atoms with E-state index in [1.54, 1.807) is 24.3 Å². The minimum Gasteiger partial charge on any atom is -0.460 e. The molecule has 0 aliphatic heterocycles. The number of unbranched alkanes of at least 4 members (excludes halogenated alkanes) is 1. The number of amides is 3. The van der Waals surface area contributed by atoms with Crippen LogP contribution in [0, 0.1) is 0 Å². The van der Waals surface area contributed by atoms with Crippen molar-refractivity contribution in [1.29, 1.82) is 0 Å². The fourth-order valence-electron chi connectivity index (χ4n) is 3.61. The Morgan fingerprint density at radius 2 is 1.26 bits per heavy atom. The van der Waals surface area contributed by atoms with Crippen LogP contribution in [0.3, 0.4) is 0 Å². The van der Waals surface area contributed by atoms with Crippen molar-refractivity contribution in [2.24, 2.45) is 0 Å². The number of anilines is 1. The molecule has 3 aromatic carbocycles. The van der Waals surface area contributed by atoms with Crippen molar-refractivity contribution in [3.8, 4) is 0 Å². The monoisotopic (exact) mass is 531 g/mol. The Morgan fingerprint density at radius 3 is 1.87 bits per heavy atom. The first-order chi connectivity index (χ1) is 19.0. The van der Waals surface area contributed by atoms with E-state index < -0.39 is 24.0 Å². The zero-order chi connectivity index (χ0) is 27.7. The van der Waals surface area contributed by atoms with E-state index in [1.165, 1.54) is 0 Å². The third kappa shape index (κ3) is 11.5. The molecular formula is C30H33N3O6. The van der Waals surface area contributed by atoms with Gasteiger partial charge in [0.1, 0.15) is 25.7 Å². The fourth-order valence-corrected chi connectivity index (χ4v) is 3.61. The van der Waals surface area contributed by atoms with Crippen LogP contribution in [0.4, 0.5) is 10.5 Å². The lowest BCUT2D eigenvalue weighted by atomic mass is 10.1. The first kappa shape index (κ1) is 28.9. The number of alkyl carbamates (subject to hydrolysis) is 1. The molecule has 0 unspecified atom stereocenters. The van der Waals surface area contributed by atoms with Gasteiger partial charge in [-0.3, -0.25) is 14.4 Å². The summed E-state index contributed by atoms with van der Waals surface area (Å²) in [7, 11) is 0. The maximum Gasteiger partial charge on any atom is 0.408 e. The molecule has 0 fully saturated rings. The highest BCUT2D eigenvalue weighted by atomic mass is 16.5. The number of esters is 1. The van der Waals surface area contributed by atoms with Crippen molar-refractivity contribution in [3.05, 3.63) is 102 Å². The largest absolute Gasteiger partial charge is 0.460 e. The Hall–Kier alpha value is -4.66. The summed E-state index contributed by atoms with van der Waals surface area (Å²) < 4.78 is 10.4. The highest BCUT2D eigenvalue weighted by Gasteiger charge is 2.21. The molecule has 3 rings (SSSR count). The van der Waals surface area contributed by atoms with Gasteiger partial charge in [0.25, 0.3) is 0 Å². The summed E-state index contributed by atoms with van der Waals surface area (Å²) in [5.74, 6) is -1.41. The number of hydrogen-bond acceptors (Lipinski definition) is 6. The van der Waals surface area contributed by atoms with Gasteiger partial charge in [0.2, 0.25) is 11.8 Å². The molecule has 9 heteroatoms. The number of benzene rings is 3. The SMILES string of the molecule is O=C(CC(=O)OCc1ccccc1)NCCCC[C@H](NC(=O)OCc1ccccc1)C(=O)Nc1ccccc1. The quantitative estimate of drug-likeness (QED) is 0.162. The van der Waals surface area contributed by atoms with Crippen LogP contribution < -0.4 is 16.0 Å². The minimum atomic E-state index is -0.836. The van der Waals surface area contributed by atoms with Crippen molar-refractivity contribution < 1.29 is 28.7 Å². The van der Waals surface area contributed by atoms with Gasteiger partial charge < -0.3 is 25.4 Å². The van der Waals surface area contributed by atoms with Crippen LogP contribution in [0.25, 0.3) is 0 Å². The Morgan fingerprint density at radius 1 is 0.692 bits per heavy atom. The van der Waals surface area contributed by atoms with Crippen molar-refractivity contribution in [2.75, 3.05) is 11.9 Å². The summed E-state index contributed by atoms with van der Waals surface area (Å²) in [6.45, 7) is 0.510. The van der Waals surface area contributed by atoms with Crippen molar-refractivity contribution >= 4 is 29.6 Å². The normalized spacial score (nSPS) is 11.1. The van der Waals surface area contributed by atoms with E-state index in [4.69, 9.17) is 9.47 Å². The van der Waals surface area contributed by atoms with Gasteiger partial charge in [-0.2, -0.15) is 0 Å². The molecule has 0 bridgehead atoms. The molecular weight excluding hydrogens is 498 g/mol. The average molecular weight is 532 g/mol. The van der Waals surface area contributed by atoms with Gasteiger partial charge in [-0.25, -0.2) is 4.79 Å². The van der Waals surface area contributed by atoms with Crippen LogP contribution in [0.15, 0.2) is 91.0 Å². The topological polar surface area (TPSA) is 123 Å². The second-order valence-electron chi connectivity index (χ2n) is 8.78. The fraction of sp³-hybridized carbons (Fsp3) is 0.267. The molecule has 3 aromatic rings. The smallest absolute Gasteiger partial charge is 0.408 e. The lowest BCUT2D eigenvalue weighted by Gasteiger charge is -2.18. The summed E-state index contributed by atoms with van der Waals surface area (Å²) in [6, 6.07) is 26.6. The van der Waals surface area contributed by atoms with E-state index in [1.807, 2.05) is 66.7 Å². The molecule has 0 aliphatic rings. The number of rotatable bonds is 14. The molecule has 3 N–H and O–H groups in total. The Balaban J connectivity index is 1.40. The zero-order valence-corrected chi connectivity index (χ0v) is 21.6. The van der Waals surface area contributed by atoms with E-state index in [0.29, 0.717) is 31.5 Å². The number of carbonyl (C=O) groups is 4. The van der Waals surface area contributed by atoms with E-state index in [9.17, 15) is 19.2 Å². The summed E-state index contributed by atoms with van der Waals surface area (Å²) in [6.07, 6.45) is 0.331. The van der Waals surface area contributed by atoms with Crippen LogP contribution in [0.2, 0.25) is 0 Å². The summed E-state index contributed by atoms with van der Waals surface area (Å²) in [4.78, 5) is 49.2. The molecule has 3 amide bonds. The van der Waals surface area contributed by atoms with E-state index >= 15 is 0 Å². The van der Waals surface area contributed by atoms with Gasteiger partial charge >= 0.3 is 12.1 Å². The van der Waals surface area contributed by atoms with Crippen LogP contribution in [0.5, 0.6) is 0 Å². The van der Waals surface area contributed by atoms with Crippen LogP contribution in [-0.2, 0) is 37.1 Å². The van der Waals surface area contributed by atoms with Crippen molar-refractivity contribution in [3.63, 3.8) is 0 Å². The highest BCUT2D eigenvalue weighted by molar-refractivity contribution is 5.96. The van der Waals surface area contributed by atoms with E-state index in [0.717, 1.165) is 11.1 Å². The molecule has 0 saturated heterocycles. The molecule has 0 radical (unpaired) electrons. The number of ether oxygens (including phenoxy) is 2. The average Bonchev–Trinajstić information content (AvgIpc) is 2.96. The maximum absolute atomic E-state index is 12.9. The minimum absolute atomic E-state index is 0.0828. The number of para-hydroxylation sites is 1. The Kier molecular flexibility index (Phi) is 12.0. The lowest BCUT2D eigenvalue weighted by Crippen LogP contribution is -2.44. The summed E-state index contributed by atoms with van der Waals surface area (Å²) in [5, 5.41) is 8.12.